The molecule has 0 aliphatic carbocycles. The third-order valence-corrected chi connectivity index (χ3v) is 2.86. The average Bonchev–Trinajstić information content (AvgIpc) is 2.10. The summed E-state index contributed by atoms with van der Waals surface area (Å²) in [5, 5.41) is 0. The van der Waals surface area contributed by atoms with Crippen LogP contribution in [-0.4, -0.2) is 50.2 Å². The number of hydrogen-bond donors (Lipinski definition) is 3. The van der Waals surface area contributed by atoms with Gasteiger partial charge in [-0.25, -0.2) is 8.42 Å². The Bertz CT molecular complexity index is 367. The van der Waals surface area contributed by atoms with E-state index < -0.39 is 27.7 Å². The summed E-state index contributed by atoms with van der Waals surface area (Å²) in [6.45, 7) is 0.543. The molecule has 0 aromatic rings. The smallest absolute Gasteiger partial charge is 0.272 e. The van der Waals surface area contributed by atoms with Gasteiger partial charge in [0.25, 0.3) is 5.91 Å². The normalized spacial score (nSPS) is 13.2. The SMILES string of the molecule is NC(=O)CC[NH+](CCCS(=O)(=O)[O-])CC(N)=O. The Labute approximate surface area is 99.7 Å². The molecule has 0 aliphatic rings. The zero-order valence-electron chi connectivity index (χ0n) is 9.35. The fourth-order valence-corrected chi connectivity index (χ4v) is 1.84. The maximum Gasteiger partial charge on any atom is 0.272 e. The number of carbonyl (C=O) groups is 2. The highest BCUT2D eigenvalue weighted by atomic mass is 32.2. The first-order chi connectivity index (χ1) is 7.70. The van der Waals surface area contributed by atoms with Gasteiger partial charge in [-0.2, -0.15) is 0 Å². The largest absolute Gasteiger partial charge is 0.748 e. The van der Waals surface area contributed by atoms with Crippen molar-refractivity contribution in [1.29, 1.82) is 0 Å². The Morgan fingerprint density at radius 2 is 1.71 bits per heavy atom. The van der Waals surface area contributed by atoms with Crippen molar-refractivity contribution in [3.05, 3.63) is 0 Å². The van der Waals surface area contributed by atoms with Crippen LogP contribution in [0.1, 0.15) is 12.8 Å². The number of nitrogens with two attached hydrogens (primary N) is 2. The van der Waals surface area contributed by atoms with E-state index in [4.69, 9.17) is 11.5 Å². The van der Waals surface area contributed by atoms with Gasteiger partial charge in [0, 0.05) is 12.2 Å². The molecular weight excluding hydrogens is 250 g/mol. The third-order valence-electron chi connectivity index (χ3n) is 2.07. The molecule has 0 fully saturated rings. The van der Waals surface area contributed by atoms with Crippen LogP contribution >= 0.6 is 0 Å². The van der Waals surface area contributed by atoms with Crippen molar-refractivity contribution in [2.24, 2.45) is 11.5 Å². The molecule has 0 heterocycles. The highest BCUT2D eigenvalue weighted by molar-refractivity contribution is 7.85. The number of amides is 2. The lowest BCUT2D eigenvalue weighted by Gasteiger charge is -2.17. The van der Waals surface area contributed by atoms with Gasteiger partial charge in [0.15, 0.2) is 6.54 Å². The molecular formula is C8H17N3O5S. The van der Waals surface area contributed by atoms with Gasteiger partial charge in [-0.05, 0) is 0 Å². The van der Waals surface area contributed by atoms with Crippen molar-refractivity contribution in [3.63, 3.8) is 0 Å². The summed E-state index contributed by atoms with van der Waals surface area (Å²) in [6.07, 6.45) is 0.194. The molecule has 0 aromatic carbocycles. The molecule has 17 heavy (non-hydrogen) atoms. The van der Waals surface area contributed by atoms with Crippen LogP contribution < -0.4 is 16.4 Å². The maximum atomic E-state index is 10.7. The Morgan fingerprint density at radius 1 is 1.12 bits per heavy atom. The van der Waals surface area contributed by atoms with Gasteiger partial charge in [0.05, 0.1) is 29.6 Å². The van der Waals surface area contributed by atoms with Crippen molar-refractivity contribution >= 4 is 21.9 Å². The van der Waals surface area contributed by atoms with E-state index in [2.05, 4.69) is 0 Å². The summed E-state index contributed by atoms with van der Waals surface area (Å²) < 4.78 is 31.1. The molecule has 0 aromatic heterocycles. The molecule has 2 amide bonds. The van der Waals surface area contributed by atoms with Crippen LogP contribution in [0.4, 0.5) is 0 Å². The number of hydrogen-bond acceptors (Lipinski definition) is 5. The van der Waals surface area contributed by atoms with Gasteiger partial charge in [-0.15, -0.1) is 0 Å². The molecule has 0 radical (unpaired) electrons. The van der Waals surface area contributed by atoms with Crippen molar-refractivity contribution in [3.8, 4) is 0 Å². The highest BCUT2D eigenvalue weighted by Gasteiger charge is 2.13. The van der Waals surface area contributed by atoms with Crippen LogP contribution in [0.5, 0.6) is 0 Å². The van der Waals surface area contributed by atoms with E-state index in [0.29, 0.717) is 4.90 Å². The van der Waals surface area contributed by atoms with Gasteiger partial charge < -0.3 is 20.9 Å². The highest BCUT2D eigenvalue weighted by Crippen LogP contribution is 1.84. The van der Waals surface area contributed by atoms with Gasteiger partial charge in [-0.1, -0.05) is 0 Å². The predicted octanol–water partition coefficient (Wildman–Crippen LogP) is -3.83. The van der Waals surface area contributed by atoms with Gasteiger partial charge in [0.2, 0.25) is 5.91 Å². The summed E-state index contributed by atoms with van der Waals surface area (Å²) >= 11 is 0. The van der Waals surface area contributed by atoms with Crippen molar-refractivity contribution in [2.45, 2.75) is 12.8 Å². The van der Waals surface area contributed by atoms with Gasteiger partial charge >= 0.3 is 0 Å². The minimum atomic E-state index is -4.25. The van der Waals surface area contributed by atoms with E-state index in [-0.39, 0.29) is 32.5 Å². The lowest BCUT2D eigenvalue weighted by molar-refractivity contribution is -0.891. The summed E-state index contributed by atoms with van der Waals surface area (Å²) in [5.74, 6) is -1.57. The second kappa shape index (κ2) is 7.20. The Balaban J connectivity index is 4.10. The fraction of sp³-hybridized carbons (Fsp3) is 0.750. The van der Waals surface area contributed by atoms with Crippen LogP contribution in [-0.2, 0) is 19.7 Å². The molecule has 0 saturated heterocycles. The first-order valence-corrected chi connectivity index (χ1v) is 6.62. The molecule has 1 atom stereocenters. The second-order valence-corrected chi connectivity index (χ2v) is 5.25. The monoisotopic (exact) mass is 267 g/mol. The number of carbonyl (C=O) groups excluding carboxylic acids is 2. The Hall–Kier alpha value is -1.19. The van der Waals surface area contributed by atoms with E-state index in [9.17, 15) is 22.6 Å². The minimum absolute atomic E-state index is 0.0216. The fourth-order valence-electron chi connectivity index (χ4n) is 1.35. The molecule has 100 valence electrons. The number of nitrogens with one attached hydrogen (secondary N) is 1. The average molecular weight is 267 g/mol. The quantitative estimate of drug-likeness (QED) is 0.366. The number of primary amides is 2. The van der Waals surface area contributed by atoms with E-state index >= 15 is 0 Å². The van der Waals surface area contributed by atoms with Gasteiger partial charge in [-0.3, -0.25) is 9.59 Å². The molecule has 0 bridgehead atoms. The molecule has 1 unspecified atom stereocenters. The van der Waals surface area contributed by atoms with Crippen molar-refractivity contribution in [1.82, 2.24) is 0 Å². The zero-order valence-corrected chi connectivity index (χ0v) is 10.2. The van der Waals surface area contributed by atoms with Crippen LogP contribution in [0.2, 0.25) is 0 Å². The topological polar surface area (TPSA) is 148 Å². The number of rotatable bonds is 9. The van der Waals surface area contributed by atoms with E-state index in [1.165, 1.54) is 0 Å². The Morgan fingerprint density at radius 3 is 2.12 bits per heavy atom. The van der Waals surface area contributed by atoms with Gasteiger partial charge in [0.1, 0.15) is 0 Å². The van der Waals surface area contributed by atoms with E-state index in [1.807, 2.05) is 0 Å². The Kier molecular flexibility index (Phi) is 6.69. The first kappa shape index (κ1) is 15.8. The minimum Gasteiger partial charge on any atom is -0.748 e. The van der Waals surface area contributed by atoms with Crippen LogP contribution in [0.25, 0.3) is 0 Å². The van der Waals surface area contributed by atoms with Crippen molar-refractivity contribution < 1.29 is 27.5 Å². The van der Waals surface area contributed by atoms with E-state index in [0.717, 1.165) is 0 Å². The molecule has 8 nitrogen and oxygen atoms in total. The van der Waals surface area contributed by atoms with Crippen molar-refractivity contribution in [2.75, 3.05) is 25.4 Å². The molecule has 9 heteroatoms. The predicted molar refractivity (Wildman–Crippen MR) is 57.8 cm³/mol. The first-order valence-electron chi connectivity index (χ1n) is 5.04. The standard InChI is InChI=1S/C8H17N3O5S/c9-7(12)2-4-11(6-8(10)13)3-1-5-17(14,15)16/h1-6H2,(H2,9,12)(H2,10,13)(H,14,15,16). The molecule has 5 N–H and O–H groups in total. The summed E-state index contributed by atoms with van der Waals surface area (Å²) in [5.41, 5.74) is 9.96. The zero-order chi connectivity index (χ0) is 13.5. The third kappa shape index (κ3) is 11.1. The lowest BCUT2D eigenvalue weighted by atomic mass is 10.3. The summed E-state index contributed by atoms with van der Waals surface area (Å²) in [6, 6.07) is 0. The number of quaternary nitrogens is 1. The van der Waals surface area contributed by atoms with E-state index in [1.54, 1.807) is 0 Å². The van der Waals surface area contributed by atoms with Crippen LogP contribution in [0.3, 0.4) is 0 Å². The molecule has 0 aliphatic heterocycles. The molecule has 0 saturated carbocycles. The maximum absolute atomic E-state index is 10.7. The summed E-state index contributed by atoms with van der Waals surface area (Å²) in [7, 11) is -4.25. The molecule has 0 spiro atoms. The van der Waals surface area contributed by atoms with Crippen LogP contribution in [0, 0.1) is 0 Å². The molecule has 0 rings (SSSR count). The second-order valence-electron chi connectivity index (χ2n) is 3.72. The summed E-state index contributed by atoms with van der Waals surface area (Å²) in [4.78, 5) is 21.9. The lowest BCUT2D eigenvalue weighted by Crippen LogP contribution is -3.13. The van der Waals surface area contributed by atoms with Crippen LogP contribution in [0.15, 0.2) is 0 Å².